The van der Waals surface area contributed by atoms with Crippen LogP contribution in [-0.2, 0) is 0 Å². The number of nitrogens with zero attached hydrogens (tertiary/aromatic N) is 1. The predicted octanol–water partition coefficient (Wildman–Crippen LogP) is 4.69. The van der Waals surface area contributed by atoms with Gasteiger partial charge in [0, 0.05) is 23.1 Å². The summed E-state index contributed by atoms with van der Waals surface area (Å²) in [4.78, 5) is 28.2. The van der Waals surface area contributed by atoms with Crippen LogP contribution in [0.4, 0.5) is 5.69 Å². The molecule has 0 atom stereocenters. The molecule has 0 aliphatic carbocycles. The van der Waals surface area contributed by atoms with Crippen LogP contribution in [0, 0.1) is 0 Å². The highest BCUT2D eigenvalue weighted by Gasteiger charge is 2.22. The van der Waals surface area contributed by atoms with Gasteiger partial charge in [0.2, 0.25) is 11.5 Å². The highest BCUT2D eigenvalue weighted by atomic mass is 16.5. The van der Waals surface area contributed by atoms with Gasteiger partial charge < -0.3 is 38.3 Å². The first kappa shape index (κ1) is 28.3. The van der Waals surface area contributed by atoms with E-state index in [2.05, 4.69) is 5.32 Å². The van der Waals surface area contributed by atoms with Crippen LogP contribution in [0.15, 0.2) is 63.8 Å². The van der Waals surface area contributed by atoms with Gasteiger partial charge in [-0.1, -0.05) is 12.1 Å². The molecule has 0 bridgehead atoms. The van der Waals surface area contributed by atoms with Crippen LogP contribution in [0.1, 0.15) is 10.4 Å². The summed E-state index contributed by atoms with van der Waals surface area (Å²) in [5, 5.41) is 3.15. The molecule has 10 heteroatoms. The van der Waals surface area contributed by atoms with Crippen molar-refractivity contribution in [1.29, 1.82) is 0 Å². The molecule has 1 amide bonds. The average molecular weight is 549 g/mol. The van der Waals surface area contributed by atoms with E-state index < -0.39 is 11.5 Å². The number of likely N-dealkylation sites (N-methyl/N-ethyl adjacent to an activating group) is 1. The number of carbonyl (C=O) groups is 1. The zero-order valence-electron chi connectivity index (χ0n) is 23.3. The van der Waals surface area contributed by atoms with Crippen LogP contribution in [0.2, 0.25) is 0 Å². The first-order valence-electron chi connectivity index (χ1n) is 12.4. The Kier molecular flexibility index (Phi) is 8.80. The predicted molar refractivity (Wildman–Crippen MR) is 153 cm³/mol. The third kappa shape index (κ3) is 5.97. The summed E-state index contributed by atoms with van der Waals surface area (Å²) < 4.78 is 33.4. The van der Waals surface area contributed by atoms with Crippen LogP contribution in [0.3, 0.4) is 0 Å². The fraction of sp³-hybridized carbons (Fsp3) is 0.267. The Balaban J connectivity index is 1.69. The fourth-order valence-electron chi connectivity index (χ4n) is 4.14. The molecule has 0 radical (unpaired) electrons. The van der Waals surface area contributed by atoms with Gasteiger partial charge in [0.25, 0.3) is 5.91 Å². The van der Waals surface area contributed by atoms with E-state index in [1.54, 1.807) is 38.5 Å². The molecule has 0 saturated carbocycles. The van der Waals surface area contributed by atoms with E-state index in [9.17, 15) is 9.59 Å². The van der Waals surface area contributed by atoms with Crippen molar-refractivity contribution in [3.8, 4) is 39.9 Å². The van der Waals surface area contributed by atoms with E-state index in [1.165, 1.54) is 20.3 Å². The molecule has 4 aromatic rings. The molecule has 0 aliphatic heterocycles. The molecule has 0 fully saturated rings. The number of rotatable bonds is 11. The normalized spacial score (nSPS) is 10.9. The van der Waals surface area contributed by atoms with Gasteiger partial charge in [0.05, 0.1) is 28.4 Å². The van der Waals surface area contributed by atoms with Crippen molar-refractivity contribution in [2.24, 2.45) is 0 Å². The monoisotopic (exact) mass is 548 g/mol. The van der Waals surface area contributed by atoms with Crippen molar-refractivity contribution < 1.29 is 32.9 Å². The van der Waals surface area contributed by atoms with Crippen molar-refractivity contribution in [2.45, 2.75) is 0 Å². The van der Waals surface area contributed by atoms with Crippen LogP contribution in [0.25, 0.3) is 22.1 Å². The van der Waals surface area contributed by atoms with E-state index in [0.29, 0.717) is 52.7 Å². The number of hydrogen-bond donors (Lipinski definition) is 1. The molecule has 40 heavy (non-hydrogen) atoms. The highest BCUT2D eigenvalue weighted by Crippen LogP contribution is 2.43. The van der Waals surface area contributed by atoms with Crippen molar-refractivity contribution >= 4 is 22.6 Å². The van der Waals surface area contributed by atoms with Gasteiger partial charge in [-0.05, 0) is 62.1 Å². The molecule has 1 aromatic heterocycles. The summed E-state index contributed by atoms with van der Waals surface area (Å²) in [6, 6.07) is 15.6. The summed E-state index contributed by atoms with van der Waals surface area (Å²) in [6.45, 7) is 1.02. The molecule has 4 rings (SSSR count). The van der Waals surface area contributed by atoms with E-state index in [4.69, 9.17) is 28.1 Å². The number of methoxy groups -OCH3 is 4. The third-order valence-corrected chi connectivity index (χ3v) is 6.20. The van der Waals surface area contributed by atoms with Gasteiger partial charge in [-0.15, -0.1) is 0 Å². The van der Waals surface area contributed by atoms with Gasteiger partial charge in [-0.25, -0.2) is 4.79 Å². The number of carbonyl (C=O) groups excluding carboxylic acids is 1. The second-order valence-corrected chi connectivity index (χ2v) is 9.06. The van der Waals surface area contributed by atoms with Crippen molar-refractivity contribution in [3.05, 3.63) is 70.6 Å². The number of nitrogens with one attached hydrogen (secondary N) is 1. The van der Waals surface area contributed by atoms with Gasteiger partial charge >= 0.3 is 5.63 Å². The summed E-state index contributed by atoms with van der Waals surface area (Å²) in [6.07, 6.45) is 0. The van der Waals surface area contributed by atoms with Crippen molar-refractivity contribution in [3.63, 3.8) is 0 Å². The quantitative estimate of drug-likeness (QED) is 0.267. The van der Waals surface area contributed by atoms with Crippen molar-refractivity contribution in [2.75, 3.05) is 61.0 Å². The Morgan fingerprint density at radius 2 is 1.65 bits per heavy atom. The van der Waals surface area contributed by atoms with Crippen molar-refractivity contribution in [1.82, 2.24) is 4.90 Å². The lowest BCUT2D eigenvalue weighted by Crippen LogP contribution is -2.20. The topological polar surface area (TPSA) is 109 Å². The smallest absolute Gasteiger partial charge is 0.360 e. The van der Waals surface area contributed by atoms with E-state index in [1.807, 2.05) is 43.3 Å². The van der Waals surface area contributed by atoms with Crippen LogP contribution in [0.5, 0.6) is 28.7 Å². The number of anilines is 1. The minimum Gasteiger partial charge on any atom is -0.497 e. The minimum absolute atomic E-state index is 0.0402. The van der Waals surface area contributed by atoms with Gasteiger partial charge in [0.15, 0.2) is 11.3 Å². The molecule has 0 spiro atoms. The Morgan fingerprint density at radius 3 is 2.33 bits per heavy atom. The lowest BCUT2D eigenvalue weighted by Gasteiger charge is -2.17. The zero-order valence-corrected chi connectivity index (χ0v) is 23.3. The molecule has 1 N–H and O–H groups in total. The van der Waals surface area contributed by atoms with Gasteiger partial charge in [-0.3, -0.25) is 4.79 Å². The Bertz CT molecular complexity index is 1580. The number of fused-ring (bicyclic) bond motifs is 1. The number of benzene rings is 3. The Hall–Kier alpha value is -4.70. The summed E-state index contributed by atoms with van der Waals surface area (Å²) in [5.74, 6) is 1.69. The molecular formula is C30H32N2O8. The largest absolute Gasteiger partial charge is 0.497 e. The molecule has 10 nitrogen and oxygen atoms in total. The molecule has 0 unspecified atom stereocenters. The molecule has 3 aromatic carbocycles. The summed E-state index contributed by atoms with van der Waals surface area (Å²) in [5.41, 5.74) is 1.20. The van der Waals surface area contributed by atoms with Gasteiger partial charge in [0.1, 0.15) is 23.8 Å². The van der Waals surface area contributed by atoms with Crippen LogP contribution in [-0.4, -0.2) is 66.5 Å². The average Bonchev–Trinajstić information content (AvgIpc) is 2.96. The van der Waals surface area contributed by atoms with Crippen LogP contribution >= 0.6 is 0 Å². The lowest BCUT2D eigenvalue weighted by molar-refractivity contribution is 0.102. The molecular weight excluding hydrogens is 516 g/mol. The molecule has 210 valence electrons. The second kappa shape index (κ2) is 12.4. The first-order valence-corrected chi connectivity index (χ1v) is 12.4. The second-order valence-electron chi connectivity index (χ2n) is 9.06. The first-order chi connectivity index (χ1) is 19.3. The SMILES string of the molecule is COc1cccc(-c2cc(C(=O)Nc3cc4cc(OC)c(OCCN(C)C)c(OC)c4oc3=O)ccc2OC)c1. The highest BCUT2D eigenvalue weighted by molar-refractivity contribution is 6.06. The van der Waals surface area contributed by atoms with Gasteiger partial charge in [-0.2, -0.15) is 0 Å². The number of amides is 1. The van der Waals surface area contributed by atoms with E-state index in [0.717, 1.165) is 5.56 Å². The minimum atomic E-state index is -0.745. The van der Waals surface area contributed by atoms with E-state index in [-0.39, 0.29) is 17.0 Å². The maximum atomic E-state index is 13.3. The molecule has 0 aliphatic rings. The standard InChI is InChI=1S/C30H32N2O8/c1-32(2)12-13-39-27-25(37-5)17-20-16-23(30(34)40-26(20)28(27)38-6)31-29(33)19-10-11-24(36-4)22(15-19)18-8-7-9-21(14-18)35-3/h7-11,14-17H,12-13H2,1-6H3,(H,31,33). The Labute approximate surface area is 232 Å². The fourth-order valence-corrected chi connectivity index (χ4v) is 4.14. The third-order valence-electron chi connectivity index (χ3n) is 6.20. The summed E-state index contributed by atoms with van der Waals surface area (Å²) >= 11 is 0. The summed E-state index contributed by atoms with van der Waals surface area (Å²) in [7, 11) is 9.95. The maximum absolute atomic E-state index is 13.3. The Morgan fingerprint density at radius 1 is 0.875 bits per heavy atom. The van der Waals surface area contributed by atoms with E-state index >= 15 is 0 Å². The molecule has 0 saturated heterocycles. The maximum Gasteiger partial charge on any atom is 0.360 e. The lowest BCUT2D eigenvalue weighted by atomic mass is 10.0. The number of hydrogen-bond acceptors (Lipinski definition) is 9. The number of ether oxygens (including phenoxy) is 5. The molecule has 1 heterocycles. The zero-order chi connectivity index (χ0) is 28.8. The van der Waals surface area contributed by atoms with Crippen LogP contribution < -0.4 is 34.6 Å².